The minimum absolute atomic E-state index is 0.0119. The number of rotatable bonds is 6. The number of hydrogen-bond acceptors (Lipinski definition) is 4. The molecule has 94 valence electrons. The zero-order chi connectivity index (χ0) is 12.7. The van der Waals surface area contributed by atoms with Crippen LogP contribution >= 0.6 is 0 Å². The number of ether oxygens (including phenoxy) is 1. The van der Waals surface area contributed by atoms with Gasteiger partial charge in [-0.15, -0.1) is 0 Å². The summed E-state index contributed by atoms with van der Waals surface area (Å²) in [6, 6.07) is 6.94. The largest absolute Gasteiger partial charge is 0.481 e. The third-order valence-corrected chi connectivity index (χ3v) is 2.37. The normalized spacial score (nSPS) is 11.9. The van der Waals surface area contributed by atoms with Crippen LogP contribution in [0.2, 0.25) is 0 Å². The van der Waals surface area contributed by atoms with Crippen molar-refractivity contribution < 1.29 is 14.6 Å². The average molecular weight is 238 g/mol. The number of aliphatic hydroxyl groups is 1. The van der Waals surface area contributed by atoms with Gasteiger partial charge in [0, 0.05) is 0 Å². The molecule has 0 radical (unpaired) electrons. The van der Waals surface area contributed by atoms with Crippen molar-refractivity contribution in [2.75, 3.05) is 0 Å². The fourth-order valence-electron chi connectivity index (χ4n) is 1.44. The van der Waals surface area contributed by atoms with Gasteiger partial charge >= 0.3 is 0 Å². The van der Waals surface area contributed by atoms with Gasteiger partial charge in [0.05, 0.1) is 6.61 Å². The Hall–Kier alpha value is -1.59. The fraction of sp³-hybridized carbons (Fsp3) is 0.417. The summed E-state index contributed by atoms with van der Waals surface area (Å²) >= 11 is 0. The molecule has 0 fully saturated rings. The van der Waals surface area contributed by atoms with Crippen LogP contribution in [0.25, 0.3) is 0 Å². The summed E-state index contributed by atoms with van der Waals surface area (Å²) in [6.07, 6.45) is 0.849. The molecule has 0 aromatic heterocycles. The highest BCUT2D eigenvalue weighted by Crippen LogP contribution is 2.15. The molecule has 1 aromatic carbocycles. The SMILES string of the molecule is CCCC(Oc1ccc(CO)cc1)C(=O)NN. The molecule has 1 amide bonds. The topological polar surface area (TPSA) is 84.6 Å². The predicted octanol–water partition coefficient (Wildman–Crippen LogP) is 0.716. The van der Waals surface area contributed by atoms with Crippen molar-refractivity contribution in [2.24, 2.45) is 5.84 Å². The number of aliphatic hydroxyl groups excluding tert-OH is 1. The lowest BCUT2D eigenvalue weighted by molar-refractivity contribution is -0.128. The van der Waals surface area contributed by atoms with Crippen LogP contribution < -0.4 is 16.0 Å². The number of carbonyl (C=O) groups is 1. The number of amides is 1. The summed E-state index contributed by atoms with van der Waals surface area (Å²) in [7, 11) is 0. The van der Waals surface area contributed by atoms with Gasteiger partial charge in [0.15, 0.2) is 6.10 Å². The molecule has 4 N–H and O–H groups in total. The summed E-state index contributed by atoms with van der Waals surface area (Å²) in [4.78, 5) is 11.4. The summed E-state index contributed by atoms with van der Waals surface area (Å²) in [5, 5.41) is 8.90. The van der Waals surface area contributed by atoms with E-state index in [1.165, 1.54) is 0 Å². The molecule has 1 aromatic rings. The number of nitrogens with two attached hydrogens (primary N) is 1. The number of hydrogen-bond donors (Lipinski definition) is 3. The number of nitrogens with one attached hydrogen (secondary N) is 1. The van der Waals surface area contributed by atoms with Crippen molar-refractivity contribution in [3.05, 3.63) is 29.8 Å². The molecule has 0 bridgehead atoms. The van der Waals surface area contributed by atoms with E-state index in [0.717, 1.165) is 12.0 Å². The minimum atomic E-state index is -0.579. The Labute approximate surface area is 101 Å². The molecule has 0 aliphatic rings. The van der Waals surface area contributed by atoms with E-state index in [1.807, 2.05) is 6.92 Å². The smallest absolute Gasteiger partial charge is 0.274 e. The molecular formula is C12H18N2O3. The predicted molar refractivity (Wildman–Crippen MR) is 64.0 cm³/mol. The number of hydrazine groups is 1. The molecule has 5 nitrogen and oxygen atoms in total. The Morgan fingerprint density at radius 1 is 1.47 bits per heavy atom. The quantitative estimate of drug-likeness (QED) is 0.387. The molecule has 1 unspecified atom stereocenters. The van der Waals surface area contributed by atoms with Crippen molar-refractivity contribution in [3.8, 4) is 5.75 Å². The van der Waals surface area contributed by atoms with E-state index in [9.17, 15) is 4.79 Å². The average Bonchev–Trinajstić information content (AvgIpc) is 2.38. The van der Waals surface area contributed by atoms with Crippen molar-refractivity contribution in [3.63, 3.8) is 0 Å². The van der Waals surface area contributed by atoms with E-state index in [4.69, 9.17) is 15.7 Å². The second kappa shape index (κ2) is 6.88. The van der Waals surface area contributed by atoms with Crippen molar-refractivity contribution in [1.29, 1.82) is 0 Å². The zero-order valence-electron chi connectivity index (χ0n) is 9.85. The van der Waals surface area contributed by atoms with E-state index in [1.54, 1.807) is 24.3 Å². The van der Waals surface area contributed by atoms with Gasteiger partial charge in [0.1, 0.15) is 5.75 Å². The van der Waals surface area contributed by atoms with Crippen LogP contribution in [0, 0.1) is 0 Å². The van der Waals surface area contributed by atoms with Crippen molar-refractivity contribution in [2.45, 2.75) is 32.5 Å². The maximum absolute atomic E-state index is 11.4. The summed E-state index contributed by atoms with van der Waals surface area (Å²) in [6.45, 7) is 1.96. The number of benzene rings is 1. The van der Waals surface area contributed by atoms with Crippen molar-refractivity contribution in [1.82, 2.24) is 5.43 Å². The van der Waals surface area contributed by atoms with Crippen LogP contribution in [-0.4, -0.2) is 17.1 Å². The van der Waals surface area contributed by atoms with Gasteiger partial charge in [0.25, 0.3) is 5.91 Å². The molecule has 1 atom stereocenters. The molecule has 0 aliphatic heterocycles. The van der Waals surface area contributed by atoms with Crippen LogP contribution in [0.15, 0.2) is 24.3 Å². The summed E-state index contributed by atoms with van der Waals surface area (Å²) in [5.74, 6) is 5.34. The second-order valence-corrected chi connectivity index (χ2v) is 3.71. The molecule has 0 aliphatic carbocycles. The Kier molecular flexibility index (Phi) is 5.45. The highest BCUT2D eigenvalue weighted by atomic mass is 16.5. The first-order chi connectivity index (χ1) is 8.21. The lowest BCUT2D eigenvalue weighted by Crippen LogP contribution is -2.42. The molecule has 0 saturated heterocycles. The first-order valence-electron chi connectivity index (χ1n) is 5.58. The lowest BCUT2D eigenvalue weighted by atomic mass is 10.2. The molecule has 0 saturated carbocycles. The van der Waals surface area contributed by atoms with Crippen molar-refractivity contribution >= 4 is 5.91 Å². The van der Waals surface area contributed by atoms with Crippen LogP contribution in [0.5, 0.6) is 5.75 Å². The molecule has 17 heavy (non-hydrogen) atoms. The monoisotopic (exact) mass is 238 g/mol. The zero-order valence-corrected chi connectivity index (χ0v) is 9.85. The Balaban J connectivity index is 2.68. The van der Waals surface area contributed by atoms with Gasteiger partial charge in [-0.2, -0.15) is 0 Å². The standard InChI is InChI=1S/C12H18N2O3/c1-2-3-11(12(16)14-13)17-10-6-4-9(8-15)5-7-10/h4-7,11,15H,2-3,8,13H2,1H3,(H,14,16). The molecular weight excluding hydrogens is 220 g/mol. The third-order valence-electron chi connectivity index (χ3n) is 2.37. The van der Waals surface area contributed by atoms with Gasteiger partial charge in [-0.1, -0.05) is 25.5 Å². The van der Waals surface area contributed by atoms with Crippen LogP contribution in [0.4, 0.5) is 0 Å². The maximum atomic E-state index is 11.4. The van der Waals surface area contributed by atoms with E-state index in [-0.39, 0.29) is 12.5 Å². The Morgan fingerprint density at radius 3 is 2.59 bits per heavy atom. The highest BCUT2D eigenvalue weighted by Gasteiger charge is 2.18. The van der Waals surface area contributed by atoms with E-state index < -0.39 is 6.10 Å². The Morgan fingerprint density at radius 2 is 2.12 bits per heavy atom. The molecule has 1 rings (SSSR count). The van der Waals surface area contributed by atoms with Crippen LogP contribution in [0.1, 0.15) is 25.3 Å². The van der Waals surface area contributed by atoms with E-state index in [2.05, 4.69) is 5.43 Å². The first kappa shape index (κ1) is 13.5. The van der Waals surface area contributed by atoms with Gasteiger partial charge in [-0.05, 0) is 24.1 Å². The van der Waals surface area contributed by atoms with E-state index in [0.29, 0.717) is 12.2 Å². The van der Waals surface area contributed by atoms with Crippen LogP contribution in [-0.2, 0) is 11.4 Å². The molecule has 0 heterocycles. The fourth-order valence-corrected chi connectivity index (χ4v) is 1.44. The first-order valence-corrected chi connectivity index (χ1v) is 5.58. The van der Waals surface area contributed by atoms with Gasteiger partial charge in [-0.3, -0.25) is 10.2 Å². The minimum Gasteiger partial charge on any atom is -0.481 e. The van der Waals surface area contributed by atoms with Gasteiger partial charge in [0.2, 0.25) is 0 Å². The Bertz CT molecular complexity index is 351. The second-order valence-electron chi connectivity index (χ2n) is 3.71. The van der Waals surface area contributed by atoms with E-state index >= 15 is 0 Å². The summed E-state index contributed by atoms with van der Waals surface area (Å²) in [5.41, 5.74) is 2.89. The highest BCUT2D eigenvalue weighted by molar-refractivity contribution is 5.80. The lowest BCUT2D eigenvalue weighted by Gasteiger charge is -2.16. The maximum Gasteiger partial charge on any atom is 0.274 e. The van der Waals surface area contributed by atoms with Gasteiger partial charge in [-0.25, -0.2) is 5.84 Å². The van der Waals surface area contributed by atoms with Crippen LogP contribution in [0.3, 0.4) is 0 Å². The third kappa shape index (κ3) is 4.05. The molecule has 0 spiro atoms. The number of carbonyl (C=O) groups excluding carboxylic acids is 1. The molecule has 5 heteroatoms. The summed E-state index contributed by atoms with van der Waals surface area (Å²) < 4.78 is 5.53. The van der Waals surface area contributed by atoms with Gasteiger partial charge < -0.3 is 9.84 Å².